The molecule has 1 aliphatic rings. The van der Waals surface area contributed by atoms with Crippen molar-refractivity contribution in [2.75, 3.05) is 0 Å². The molecule has 138 valence electrons. The van der Waals surface area contributed by atoms with Crippen LogP contribution in [0.15, 0.2) is 51.6 Å². The molecule has 1 aliphatic carbocycles. The largest absolute Gasteiger partial charge is 0.423 e. The van der Waals surface area contributed by atoms with Crippen molar-refractivity contribution in [2.45, 2.75) is 32.6 Å². The number of hydrogen-bond acceptors (Lipinski definition) is 6. The second-order valence-electron chi connectivity index (χ2n) is 7.31. The third-order valence-electron chi connectivity index (χ3n) is 4.69. The highest BCUT2D eigenvalue weighted by molar-refractivity contribution is 7.90. The smallest absolute Gasteiger partial charge is 0.264 e. The summed E-state index contributed by atoms with van der Waals surface area (Å²) in [5, 5.41) is 7.34. The molecule has 0 unspecified atom stereocenters. The molecule has 2 aromatic rings. The predicted octanol–water partition coefficient (Wildman–Crippen LogP) is 2.78. The highest BCUT2D eigenvalue weighted by atomic mass is 32.2. The molecule has 1 fully saturated rings. The predicted molar refractivity (Wildman–Crippen MR) is 95.3 cm³/mol. The summed E-state index contributed by atoms with van der Waals surface area (Å²) >= 11 is 0. The van der Waals surface area contributed by atoms with E-state index in [1.165, 1.54) is 12.1 Å². The van der Waals surface area contributed by atoms with Gasteiger partial charge in [-0.3, -0.25) is 4.79 Å². The van der Waals surface area contributed by atoms with Gasteiger partial charge < -0.3 is 4.42 Å². The molecule has 1 N–H and O–H groups in total. The summed E-state index contributed by atoms with van der Waals surface area (Å²) in [5.41, 5.74) is 1.31. The van der Waals surface area contributed by atoms with E-state index in [-0.39, 0.29) is 28.0 Å². The second kappa shape index (κ2) is 6.35. The first-order valence-electron chi connectivity index (χ1n) is 8.21. The molecule has 2 atom stereocenters. The summed E-state index contributed by atoms with van der Waals surface area (Å²) in [5.74, 6) is -0.611. The van der Waals surface area contributed by atoms with Crippen LogP contribution < -0.4 is 4.72 Å². The number of nitrogens with zero attached hydrogens (tertiary/aromatic N) is 2. The van der Waals surface area contributed by atoms with E-state index >= 15 is 0 Å². The Hall–Kier alpha value is -2.48. The number of aromatic nitrogens is 2. The third-order valence-corrected chi connectivity index (χ3v) is 6.04. The van der Waals surface area contributed by atoms with Crippen LogP contribution in [0.2, 0.25) is 0 Å². The maximum atomic E-state index is 12.6. The summed E-state index contributed by atoms with van der Waals surface area (Å²) < 4.78 is 32.5. The number of allylic oxidation sites excluding steroid dienone is 2. The molecule has 1 aromatic heterocycles. The first-order chi connectivity index (χ1) is 12.1. The van der Waals surface area contributed by atoms with E-state index in [0.29, 0.717) is 5.56 Å². The molecule has 0 aliphatic heterocycles. The monoisotopic (exact) mass is 375 g/mol. The zero-order valence-corrected chi connectivity index (χ0v) is 15.9. The van der Waals surface area contributed by atoms with E-state index in [9.17, 15) is 13.2 Å². The van der Waals surface area contributed by atoms with Gasteiger partial charge in [0.2, 0.25) is 18.2 Å². The highest BCUT2D eigenvalue weighted by Crippen LogP contribution is 2.59. The van der Waals surface area contributed by atoms with Crippen LogP contribution in [-0.4, -0.2) is 24.5 Å². The fourth-order valence-electron chi connectivity index (χ4n) is 3.20. The van der Waals surface area contributed by atoms with E-state index in [0.717, 1.165) is 12.0 Å². The van der Waals surface area contributed by atoms with Crippen molar-refractivity contribution in [3.05, 3.63) is 42.3 Å². The molecular formula is C18H21N3O4S. The van der Waals surface area contributed by atoms with E-state index in [1.807, 2.05) is 33.8 Å². The Morgan fingerprint density at radius 1 is 1.31 bits per heavy atom. The molecule has 26 heavy (non-hydrogen) atoms. The van der Waals surface area contributed by atoms with Gasteiger partial charge in [-0.15, -0.1) is 10.2 Å². The minimum Gasteiger partial charge on any atom is -0.423 e. The van der Waals surface area contributed by atoms with E-state index in [4.69, 9.17) is 4.42 Å². The Kier molecular flexibility index (Phi) is 4.47. The number of carbonyl (C=O) groups excluding carboxylic acids is 1. The topological polar surface area (TPSA) is 102 Å². The van der Waals surface area contributed by atoms with Gasteiger partial charge in [0.15, 0.2) is 0 Å². The summed E-state index contributed by atoms with van der Waals surface area (Å²) in [6, 6.07) is 6.03. The van der Waals surface area contributed by atoms with Crippen molar-refractivity contribution in [3.63, 3.8) is 0 Å². The zero-order chi connectivity index (χ0) is 19.1. The lowest BCUT2D eigenvalue weighted by Gasteiger charge is -2.08. The summed E-state index contributed by atoms with van der Waals surface area (Å²) in [6.07, 6.45) is 3.18. The Morgan fingerprint density at radius 2 is 2.04 bits per heavy atom. The van der Waals surface area contributed by atoms with Gasteiger partial charge >= 0.3 is 0 Å². The number of carbonyl (C=O) groups is 1. The Morgan fingerprint density at radius 3 is 2.65 bits per heavy atom. The Bertz CT molecular complexity index is 958. The minimum atomic E-state index is -3.99. The number of hydrogen-bond donors (Lipinski definition) is 1. The van der Waals surface area contributed by atoms with Crippen LogP contribution in [0.25, 0.3) is 11.5 Å². The number of amides is 1. The van der Waals surface area contributed by atoms with Crippen molar-refractivity contribution in [1.82, 2.24) is 14.9 Å². The first kappa shape index (κ1) is 18.3. The molecule has 0 saturated heterocycles. The second-order valence-corrected chi connectivity index (χ2v) is 8.99. The molecule has 0 radical (unpaired) electrons. The Labute approximate surface area is 152 Å². The molecule has 1 amide bonds. The fraction of sp³-hybridized carbons (Fsp3) is 0.389. The van der Waals surface area contributed by atoms with Gasteiger partial charge in [-0.1, -0.05) is 31.6 Å². The average molecular weight is 375 g/mol. The summed E-state index contributed by atoms with van der Waals surface area (Å²) in [4.78, 5) is 12.5. The molecular weight excluding hydrogens is 354 g/mol. The molecule has 8 heteroatoms. The van der Waals surface area contributed by atoms with Crippen molar-refractivity contribution in [1.29, 1.82) is 0 Å². The summed E-state index contributed by atoms with van der Waals surface area (Å²) in [6.45, 7) is 7.85. The van der Waals surface area contributed by atoms with Crippen LogP contribution in [0.3, 0.4) is 0 Å². The quantitative estimate of drug-likeness (QED) is 0.806. The van der Waals surface area contributed by atoms with Crippen molar-refractivity contribution >= 4 is 15.9 Å². The van der Waals surface area contributed by atoms with Gasteiger partial charge in [0.1, 0.15) is 0 Å². The van der Waals surface area contributed by atoms with Gasteiger partial charge in [0, 0.05) is 5.56 Å². The summed E-state index contributed by atoms with van der Waals surface area (Å²) in [7, 11) is -3.99. The number of nitrogens with one attached hydrogen (secondary N) is 1. The number of benzene rings is 1. The molecule has 0 bridgehead atoms. The maximum absolute atomic E-state index is 12.6. The normalized spacial score (nSPS) is 21.1. The van der Waals surface area contributed by atoms with Gasteiger partial charge in [-0.2, -0.15) is 0 Å². The van der Waals surface area contributed by atoms with E-state index in [2.05, 4.69) is 14.9 Å². The molecule has 7 nitrogen and oxygen atoms in total. The number of rotatable bonds is 5. The molecule has 1 aromatic carbocycles. The lowest BCUT2D eigenvalue weighted by Crippen LogP contribution is -2.33. The van der Waals surface area contributed by atoms with E-state index in [1.54, 1.807) is 12.1 Å². The van der Waals surface area contributed by atoms with Crippen LogP contribution in [0, 0.1) is 17.3 Å². The molecule has 3 rings (SSSR count). The lowest BCUT2D eigenvalue weighted by atomic mass is 10.1. The van der Waals surface area contributed by atoms with Crippen molar-refractivity contribution in [2.24, 2.45) is 17.3 Å². The van der Waals surface area contributed by atoms with Gasteiger partial charge in [-0.25, -0.2) is 13.1 Å². The zero-order valence-electron chi connectivity index (χ0n) is 15.1. The molecule has 0 spiro atoms. The van der Waals surface area contributed by atoms with E-state index < -0.39 is 15.9 Å². The van der Waals surface area contributed by atoms with Crippen molar-refractivity contribution in [3.8, 4) is 11.5 Å². The number of sulfonamides is 1. The van der Waals surface area contributed by atoms with Crippen LogP contribution in [0.4, 0.5) is 0 Å². The van der Waals surface area contributed by atoms with Crippen LogP contribution in [0.1, 0.15) is 27.7 Å². The first-order valence-corrected chi connectivity index (χ1v) is 9.69. The highest BCUT2D eigenvalue weighted by Gasteiger charge is 2.60. The average Bonchev–Trinajstić information content (AvgIpc) is 2.94. The van der Waals surface area contributed by atoms with Crippen LogP contribution in [0.5, 0.6) is 0 Å². The van der Waals surface area contributed by atoms with Crippen LogP contribution in [-0.2, 0) is 14.8 Å². The maximum Gasteiger partial charge on any atom is 0.264 e. The Balaban J connectivity index is 1.81. The lowest BCUT2D eigenvalue weighted by molar-refractivity contribution is -0.121. The minimum absolute atomic E-state index is 0.0289. The van der Waals surface area contributed by atoms with Gasteiger partial charge in [0.05, 0.1) is 10.8 Å². The SMILES string of the molecule is CC(C)=C[C@H]1[C@H](C(=O)NS(=O)(=O)c2cccc(-c3nnco3)c2)C1(C)C. The molecule has 1 saturated carbocycles. The standard InChI is InChI=1S/C18H21N3O4S/c1-11(2)8-14-15(18(14,3)4)16(22)21-26(23,24)13-7-5-6-12(9-13)17-20-19-10-25-17/h5-10,14-15H,1-4H3,(H,21,22)/t14-,15+/m0/s1. The van der Waals surface area contributed by atoms with Crippen molar-refractivity contribution < 1.29 is 17.6 Å². The fourth-order valence-corrected chi connectivity index (χ4v) is 4.25. The van der Waals surface area contributed by atoms with Gasteiger partial charge in [0.25, 0.3) is 10.0 Å². The third kappa shape index (κ3) is 3.41. The van der Waals surface area contributed by atoms with Crippen LogP contribution >= 0.6 is 0 Å². The molecule has 1 heterocycles. The van der Waals surface area contributed by atoms with Gasteiger partial charge in [-0.05, 0) is 43.4 Å².